The summed E-state index contributed by atoms with van der Waals surface area (Å²) in [5.41, 5.74) is 0.321. The van der Waals surface area contributed by atoms with Gasteiger partial charge in [0.25, 0.3) is 5.91 Å². The van der Waals surface area contributed by atoms with E-state index in [2.05, 4.69) is 15.6 Å². The SMILES string of the molecule is CN(C)c1ccc(C(=O)NCC(=O)NCC(=O)O)cn1. The largest absolute Gasteiger partial charge is 0.480 e. The van der Waals surface area contributed by atoms with Crippen LogP contribution in [0.5, 0.6) is 0 Å². The van der Waals surface area contributed by atoms with Crippen LogP contribution >= 0.6 is 0 Å². The number of anilines is 1. The quantitative estimate of drug-likeness (QED) is 0.621. The maximum absolute atomic E-state index is 11.7. The molecular weight excluding hydrogens is 264 g/mol. The van der Waals surface area contributed by atoms with Crippen molar-refractivity contribution in [1.29, 1.82) is 0 Å². The molecule has 1 rings (SSSR count). The summed E-state index contributed by atoms with van der Waals surface area (Å²) in [6.07, 6.45) is 1.40. The zero-order valence-corrected chi connectivity index (χ0v) is 11.2. The molecule has 8 nitrogen and oxygen atoms in total. The van der Waals surface area contributed by atoms with Gasteiger partial charge in [0.05, 0.1) is 12.1 Å². The molecule has 0 atom stereocenters. The third-order valence-electron chi connectivity index (χ3n) is 2.31. The second-order valence-corrected chi connectivity index (χ2v) is 4.15. The Hall–Kier alpha value is -2.64. The van der Waals surface area contributed by atoms with Crippen LogP contribution in [-0.4, -0.2) is 55.1 Å². The van der Waals surface area contributed by atoms with E-state index in [0.29, 0.717) is 11.4 Å². The third-order valence-corrected chi connectivity index (χ3v) is 2.31. The van der Waals surface area contributed by atoms with Crippen molar-refractivity contribution in [3.63, 3.8) is 0 Å². The van der Waals surface area contributed by atoms with Gasteiger partial charge in [0.1, 0.15) is 12.4 Å². The normalized spacial score (nSPS) is 9.70. The Labute approximate surface area is 115 Å². The lowest BCUT2D eigenvalue weighted by Gasteiger charge is -2.11. The Morgan fingerprint density at radius 3 is 2.40 bits per heavy atom. The average molecular weight is 280 g/mol. The van der Waals surface area contributed by atoms with Gasteiger partial charge >= 0.3 is 5.97 Å². The number of carbonyl (C=O) groups excluding carboxylic acids is 2. The van der Waals surface area contributed by atoms with Crippen LogP contribution in [-0.2, 0) is 9.59 Å². The third kappa shape index (κ3) is 4.92. The highest BCUT2D eigenvalue weighted by molar-refractivity contribution is 5.96. The number of nitrogens with one attached hydrogen (secondary N) is 2. The molecule has 108 valence electrons. The van der Waals surface area contributed by atoms with Crippen molar-refractivity contribution in [2.24, 2.45) is 0 Å². The minimum atomic E-state index is -1.15. The van der Waals surface area contributed by atoms with E-state index in [9.17, 15) is 14.4 Å². The fourth-order valence-corrected chi connectivity index (χ4v) is 1.28. The van der Waals surface area contributed by atoms with E-state index in [1.54, 1.807) is 17.0 Å². The van der Waals surface area contributed by atoms with Gasteiger partial charge < -0.3 is 20.6 Å². The number of aromatic nitrogens is 1. The molecule has 0 aliphatic carbocycles. The van der Waals surface area contributed by atoms with Crippen molar-refractivity contribution in [1.82, 2.24) is 15.6 Å². The van der Waals surface area contributed by atoms with Crippen molar-refractivity contribution in [2.45, 2.75) is 0 Å². The van der Waals surface area contributed by atoms with Crippen molar-refractivity contribution in [2.75, 3.05) is 32.1 Å². The minimum Gasteiger partial charge on any atom is -0.480 e. The number of hydrogen-bond acceptors (Lipinski definition) is 5. The second kappa shape index (κ2) is 7.07. The molecule has 0 fully saturated rings. The van der Waals surface area contributed by atoms with Crippen LogP contribution in [0.3, 0.4) is 0 Å². The number of amides is 2. The highest BCUT2D eigenvalue weighted by atomic mass is 16.4. The monoisotopic (exact) mass is 280 g/mol. The van der Waals surface area contributed by atoms with Gasteiger partial charge in [-0.2, -0.15) is 0 Å². The predicted octanol–water partition coefficient (Wildman–Crippen LogP) is -0.922. The highest BCUT2D eigenvalue weighted by Gasteiger charge is 2.09. The first-order valence-electron chi connectivity index (χ1n) is 5.80. The molecule has 0 aliphatic heterocycles. The number of carboxylic acid groups (broad SMARTS) is 1. The van der Waals surface area contributed by atoms with Gasteiger partial charge in [0.15, 0.2) is 0 Å². The van der Waals surface area contributed by atoms with Crippen LogP contribution in [0.15, 0.2) is 18.3 Å². The minimum absolute atomic E-state index is 0.290. The van der Waals surface area contributed by atoms with Gasteiger partial charge in [0.2, 0.25) is 5.91 Å². The molecule has 1 aromatic rings. The summed E-state index contributed by atoms with van der Waals surface area (Å²) >= 11 is 0. The molecule has 0 spiro atoms. The lowest BCUT2D eigenvalue weighted by Crippen LogP contribution is -2.39. The topological polar surface area (TPSA) is 112 Å². The number of nitrogens with zero attached hydrogens (tertiary/aromatic N) is 2. The molecule has 20 heavy (non-hydrogen) atoms. The molecular formula is C12H16N4O4. The van der Waals surface area contributed by atoms with E-state index >= 15 is 0 Å². The van der Waals surface area contributed by atoms with E-state index in [-0.39, 0.29) is 6.54 Å². The summed E-state index contributed by atoms with van der Waals surface area (Å²) in [6, 6.07) is 3.27. The Balaban J connectivity index is 2.46. The zero-order valence-electron chi connectivity index (χ0n) is 11.2. The smallest absolute Gasteiger partial charge is 0.322 e. The maximum Gasteiger partial charge on any atom is 0.322 e. The van der Waals surface area contributed by atoms with E-state index in [0.717, 1.165) is 0 Å². The van der Waals surface area contributed by atoms with Gasteiger partial charge in [0, 0.05) is 20.3 Å². The first kappa shape index (κ1) is 15.4. The molecule has 0 aromatic carbocycles. The fraction of sp³-hybridized carbons (Fsp3) is 0.333. The first-order chi connectivity index (χ1) is 9.40. The average Bonchev–Trinajstić information content (AvgIpc) is 2.42. The summed E-state index contributed by atoms with van der Waals surface area (Å²) in [4.78, 5) is 39.0. The molecule has 0 radical (unpaired) electrons. The molecule has 0 bridgehead atoms. The molecule has 3 N–H and O–H groups in total. The van der Waals surface area contributed by atoms with Crippen LogP contribution in [0, 0.1) is 0 Å². The fourth-order valence-electron chi connectivity index (χ4n) is 1.28. The molecule has 1 aromatic heterocycles. The van der Waals surface area contributed by atoms with Gasteiger partial charge in [-0.15, -0.1) is 0 Å². The van der Waals surface area contributed by atoms with Crippen LogP contribution < -0.4 is 15.5 Å². The van der Waals surface area contributed by atoms with Crippen LogP contribution in [0.1, 0.15) is 10.4 Å². The van der Waals surface area contributed by atoms with Gasteiger partial charge in [-0.25, -0.2) is 4.98 Å². The van der Waals surface area contributed by atoms with E-state index in [1.807, 2.05) is 14.1 Å². The van der Waals surface area contributed by atoms with Crippen LogP contribution in [0.4, 0.5) is 5.82 Å². The molecule has 0 saturated heterocycles. The van der Waals surface area contributed by atoms with Crippen molar-refractivity contribution in [3.8, 4) is 0 Å². The van der Waals surface area contributed by atoms with E-state index < -0.39 is 24.3 Å². The number of carboxylic acids is 1. The Morgan fingerprint density at radius 2 is 1.90 bits per heavy atom. The maximum atomic E-state index is 11.7. The zero-order chi connectivity index (χ0) is 15.1. The standard InChI is InChI=1S/C12H16N4O4/c1-16(2)9-4-3-8(5-13-9)12(20)15-6-10(17)14-7-11(18)19/h3-5H,6-7H2,1-2H3,(H,14,17)(H,15,20)(H,18,19). The molecule has 1 heterocycles. The summed E-state index contributed by atoms with van der Waals surface area (Å²) in [5, 5.41) is 12.9. The van der Waals surface area contributed by atoms with Gasteiger partial charge in [-0.3, -0.25) is 14.4 Å². The van der Waals surface area contributed by atoms with Crippen molar-refractivity contribution in [3.05, 3.63) is 23.9 Å². The second-order valence-electron chi connectivity index (χ2n) is 4.15. The molecule has 0 unspecified atom stereocenters. The lowest BCUT2D eigenvalue weighted by atomic mass is 10.2. The molecule has 0 saturated carbocycles. The summed E-state index contributed by atoms with van der Waals surface area (Å²) in [7, 11) is 3.66. The Kier molecular flexibility index (Phi) is 5.45. The summed E-state index contributed by atoms with van der Waals surface area (Å²) in [5.74, 6) is -1.46. The Bertz CT molecular complexity index is 499. The summed E-state index contributed by atoms with van der Waals surface area (Å²) in [6.45, 7) is -0.769. The van der Waals surface area contributed by atoms with Crippen LogP contribution in [0.2, 0.25) is 0 Å². The predicted molar refractivity (Wildman–Crippen MR) is 71.5 cm³/mol. The molecule has 8 heteroatoms. The van der Waals surface area contributed by atoms with Crippen molar-refractivity contribution >= 4 is 23.6 Å². The van der Waals surface area contributed by atoms with E-state index in [1.165, 1.54) is 6.20 Å². The number of rotatable bonds is 6. The van der Waals surface area contributed by atoms with Crippen molar-refractivity contribution < 1.29 is 19.5 Å². The first-order valence-corrected chi connectivity index (χ1v) is 5.80. The Morgan fingerprint density at radius 1 is 1.20 bits per heavy atom. The lowest BCUT2D eigenvalue weighted by molar-refractivity contribution is -0.137. The summed E-state index contributed by atoms with van der Waals surface area (Å²) < 4.78 is 0. The van der Waals surface area contributed by atoms with Gasteiger partial charge in [-0.1, -0.05) is 0 Å². The number of aliphatic carboxylic acids is 1. The highest BCUT2D eigenvalue weighted by Crippen LogP contribution is 2.07. The molecule has 0 aliphatic rings. The number of carbonyl (C=O) groups is 3. The molecule has 2 amide bonds. The van der Waals surface area contributed by atoms with Crippen LogP contribution in [0.25, 0.3) is 0 Å². The number of hydrogen-bond donors (Lipinski definition) is 3. The van der Waals surface area contributed by atoms with Gasteiger partial charge in [-0.05, 0) is 12.1 Å². The number of pyridine rings is 1. The van der Waals surface area contributed by atoms with E-state index in [4.69, 9.17) is 5.11 Å².